The lowest BCUT2D eigenvalue weighted by molar-refractivity contribution is 0.180. The number of aryl methyl sites for hydroxylation is 1. The van der Waals surface area contributed by atoms with Gasteiger partial charge in [-0.15, -0.1) is 0 Å². The van der Waals surface area contributed by atoms with E-state index in [9.17, 15) is 0 Å². The minimum atomic E-state index is 0.896. The van der Waals surface area contributed by atoms with Crippen molar-refractivity contribution in [1.82, 2.24) is 4.90 Å². The molecular weight excluding hydrogens is 294 g/mol. The van der Waals surface area contributed by atoms with Crippen LogP contribution in [-0.2, 0) is 12.8 Å². The molecule has 1 fully saturated rings. The SMILES string of the molecule is COc1ccccc1CCN1CCC(CCc2ccccc2)CC1. The molecule has 1 saturated heterocycles. The molecule has 0 atom stereocenters. The van der Waals surface area contributed by atoms with E-state index in [1.54, 1.807) is 7.11 Å². The molecule has 0 spiro atoms. The molecule has 2 heteroatoms. The highest BCUT2D eigenvalue weighted by Crippen LogP contribution is 2.23. The number of hydrogen-bond donors (Lipinski definition) is 0. The first-order valence-corrected chi connectivity index (χ1v) is 9.23. The lowest BCUT2D eigenvalue weighted by Crippen LogP contribution is -2.35. The van der Waals surface area contributed by atoms with Crippen molar-refractivity contribution >= 4 is 0 Å². The van der Waals surface area contributed by atoms with E-state index >= 15 is 0 Å². The van der Waals surface area contributed by atoms with Crippen LogP contribution >= 0.6 is 0 Å². The van der Waals surface area contributed by atoms with Crippen LogP contribution in [-0.4, -0.2) is 31.6 Å². The Bertz CT molecular complexity index is 602. The average Bonchev–Trinajstić information content (AvgIpc) is 2.66. The summed E-state index contributed by atoms with van der Waals surface area (Å²) in [6.45, 7) is 3.63. The Hall–Kier alpha value is -1.80. The molecule has 2 aromatic rings. The molecule has 0 aliphatic carbocycles. The van der Waals surface area contributed by atoms with Crippen molar-refractivity contribution in [3.63, 3.8) is 0 Å². The predicted octanol–water partition coefficient (Wildman–Crippen LogP) is 4.58. The van der Waals surface area contributed by atoms with E-state index in [0.29, 0.717) is 0 Å². The van der Waals surface area contributed by atoms with Crippen molar-refractivity contribution in [3.05, 3.63) is 65.7 Å². The number of methoxy groups -OCH3 is 1. The monoisotopic (exact) mass is 323 g/mol. The van der Waals surface area contributed by atoms with Crippen molar-refractivity contribution in [2.24, 2.45) is 5.92 Å². The van der Waals surface area contributed by atoms with Crippen LogP contribution < -0.4 is 4.74 Å². The zero-order valence-electron chi connectivity index (χ0n) is 14.8. The average molecular weight is 323 g/mol. The second-order valence-electron chi connectivity index (χ2n) is 6.87. The maximum atomic E-state index is 5.46. The first kappa shape index (κ1) is 17.0. The van der Waals surface area contributed by atoms with Gasteiger partial charge in [-0.2, -0.15) is 0 Å². The van der Waals surface area contributed by atoms with Gasteiger partial charge in [-0.1, -0.05) is 48.5 Å². The van der Waals surface area contributed by atoms with Gasteiger partial charge in [-0.3, -0.25) is 0 Å². The first-order valence-electron chi connectivity index (χ1n) is 9.23. The van der Waals surface area contributed by atoms with Crippen molar-refractivity contribution in [1.29, 1.82) is 0 Å². The smallest absolute Gasteiger partial charge is 0.122 e. The highest BCUT2D eigenvalue weighted by atomic mass is 16.5. The van der Waals surface area contributed by atoms with Gasteiger partial charge < -0.3 is 9.64 Å². The molecule has 2 aromatic carbocycles. The summed E-state index contributed by atoms with van der Waals surface area (Å²) in [5.74, 6) is 1.92. The van der Waals surface area contributed by atoms with Crippen LogP contribution in [0.25, 0.3) is 0 Å². The molecule has 128 valence electrons. The van der Waals surface area contributed by atoms with Gasteiger partial charge in [-0.05, 0) is 68.3 Å². The summed E-state index contributed by atoms with van der Waals surface area (Å²) in [6.07, 6.45) is 6.34. The summed E-state index contributed by atoms with van der Waals surface area (Å²) in [5, 5.41) is 0. The summed E-state index contributed by atoms with van der Waals surface area (Å²) in [4.78, 5) is 2.62. The number of para-hydroxylation sites is 1. The molecule has 0 amide bonds. The number of likely N-dealkylation sites (tertiary alicyclic amines) is 1. The summed E-state index contributed by atoms with van der Waals surface area (Å²) < 4.78 is 5.46. The molecule has 3 rings (SSSR count). The third kappa shape index (κ3) is 4.85. The van der Waals surface area contributed by atoms with Crippen LogP contribution in [0, 0.1) is 5.92 Å². The van der Waals surface area contributed by atoms with Gasteiger partial charge in [0.2, 0.25) is 0 Å². The fourth-order valence-corrected chi connectivity index (χ4v) is 3.70. The third-order valence-corrected chi connectivity index (χ3v) is 5.28. The van der Waals surface area contributed by atoms with Crippen molar-refractivity contribution in [2.45, 2.75) is 32.1 Å². The maximum Gasteiger partial charge on any atom is 0.122 e. The molecular formula is C22H29NO. The quantitative estimate of drug-likeness (QED) is 0.739. The molecule has 0 bridgehead atoms. The Kier molecular flexibility index (Phi) is 6.31. The molecule has 24 heavy (non-hydrogen) atoms. The highest BCUT2D eigenvalue weighted by molar-refractivity contribution is 5.33. The largest absolute Gasteiger partial charge is 0.496 e. The van der Waals surface area contributed by atoms with Crippen LogP contribution in [0.2, 0.25) is 0 Å². The highest BCUT2D eigenvalue weighted by Gasteiger charge is 2.19. The van der Waals surface area contributed by atoms with Crippen LogP contribution in [0.4, 0.5) is 0 Å². The van der Waals surface area contributed by atoms with Gasteiger partial charge in [0, 0.05) is 6.54 Å². The fraction of sp³-hybridized carbons (Fsp3) is 0.455. The van der Waals surface area contributed by atoms with E-state index in [0.717, 1.165) is 24.6 Å². The molecule has 0 saturated carbocycles. The van der Waals surface area contributed by atoms with Crippen LogP contribution in [0.5, 0.6) is 5.75 Å². The van der Waals surface area contributed by atoms with Crippen molar-refractivity contribution < 1.29 is 4.74 Å². The van der Waals surface area contributed by atoms with E-state index in [2.05, 4.69) is 53.4 Å². The lowest BCUT2D eigenvalue weighted by atomic mass is 9.90. The van der Waals surface area contributed by atoms with E-state index in [-0.39, 0.29) is 0 Å². The summed E-state index contributed by atoms with van der Waals surface area (Å²) in [7, 11) is 1.76. The van der Waals surface area contributed by atoms with Crippen molar-refractivity contribution in [3.8, 4) is 5.75 Å². The van der Waals surface area contributed by atoms with Gasteiger partial charge >= 0.3 is 0 Å². The molecule has 0 aromatic heterocycles. The zero-order valence-corrected chi connectivity index (χ0v) is 14.8. The number of ether oxygens (including phenoxy) is 1. The van der Waals surface area contributed by atoms with Gasteiger partial charge in [0.1, 0.15) is 5.75 Å². The van der Waals surface area contributed by atoms with Crippen LogP contribution in [0.3, 0.4) is 0 Å². The molecule has 1 heterocycles. The third-order valence-electron chi connectivity index (χ3n) is 5.28. The van der Waals surface area contributed by atoms with Crippen molar-refractivity contribution in [2.75, 3.05) is 26.7 Å². The molecule has 2 nitrogen and oxygen atoms in total. The number of nitrogens with zero attached hydrogens (tertiary/aromatic N) is 1. The predicted molar refractivity (Wildman–Crippen MR) is 101 cm³/mol. The standard InChI is InChI=1S/C22H29NO/c1-24-22-10-6-5-9-21(22)15-18-23-16-13-20(14-17-23)12-11-19-7-3-2-4-8-19/h2-10,20H,11-18H2,1H3. The van der Waals surface area contributed by atoms with Gasteiger partial charge in [-0.25, -0.2) is 0 Å². The van der Waals surface area contributed by atoms with Gasteiger partial charge in [0.25, 0.3) is 0 Å². The molecule has 1 aliphatic rings. The maximum absolute atomic E-state index is 5.46. The van der Waals surface area contributed by atoms with Crippen LogP contribution in [0.15, 0.2) is 54.6 Å². The van der Waals surface area contributed by atoms with E-state index in [1.165, 1.54) is 49.9 Å². The zero-order chi connectivity index (χ0) is 16.6. The second-order valence-corrected chi connectivity index (χ2v) is 6.87. The molecule has 0 N–H and O–H groups in total. The van der Waals surface area contributed by atoms with E-state index in [4.69, 9.17) is 4.74 Å². The van der Waals surface area contributed by atoms with Gasteiger partial charge in [0.05, 0.1) is 7.11 Å². The molecule has 0 unspecified atom stereocenters. The Morgan fingerprint density at radius 1 is 0.917 bits per heavy atom. The Morgan fingerprint density at radius 2 is 1.62 bits per heavy atom. The lowest BCUT2D eigenvalue weighted by Gasteiger charge is -2.32. The second kappa shape index (κ2) is 8.89. The normalized spacial score (nSPS) is 16.2. The summed E-state index contributed by atoms with van der Waals surface area (Å²) >= 11 is 0. The Balaban J connectivity index is 1.39. The fourth-order valence-electron chi connectivity index (χ4n) is 3.70. The van der Waals surface area contributed by atoms with E-state index in [1.807, 2.05) is 6.07 Å². The van der Waals surface area contributed by atoms with E-state index < -0.39 is 0 Å². The number of benzene rings is 2. The molecule has 0 radical (unpaired) electrons. The summed E-state index contributed by atoms with van der Waals surface area (Å²) in [6, 6.07) is 19.3. The first-order chi connectivity index (χ1) is 11.8. The minimum Gasteiger partial charge on any atom is -0.496 e. The number of hydrogen-bond acceptors (Lipinski definition) is 2. The Labute approximate surface area is 146 Å². The van der Waals surface area contributed by atoms with Crippen LogP contribution in [0.1, 0.15) is 30.4 Å². The topological polar surface area (TPSA) is 12.5 Å². The molecule has 1 aliphatic heterocycles. The Morgan fingerprint density at radius 3 is 2.38 bits per heavy atom. The minimum absolute atomic E-state index is 0.896. The summed E-state index contributed by atoms with van der Waals surface area (Å²) in [5.41, 5.74) is 2.81. The number of piperidine rings is 1. The van der Waals surface area contributed by atoms with Gasteiger partial charge in [0.15, 0.2) is 0 Å². The number of rotatable bonds is 7.